The standard InChI is InChI=1S/C23H25N3O/c1-16-12-17(2)15-26(14-16)23(27)20-10-8-19(9-11-20)22-13-21(24-25-22)18-6-4-3-5-7-18/h3-11,13,16-17H,12,14-15H2,1-2H3,(H,24,25). The van der Waals surface area contributed by atoms with Crippen molar-refractivity contribution in [1.82, 2.24) is 15.1 Å². The Morgan fingerprint density at radius 3 is 2.30 bits per heavy atom. The van der Waals surface area contributed by atoms with E-state index in [9.17, 15) is 4.79 Å². The maximum atomic E-state index is 12.8. The summed E-state index contributed by atoms with van der Waals surface area (Å²) in [7, 11) is 0. The number of benzene rings is 2. The van der Waals surface area contributed by atoms with E-state index in [2.05, 4.69) is 24.0 Å². The first-order valence-corrected chi connectivity index (χ1v) is 9.60. The SMILES string of the molecule is CC1CC(C)CN(C(=O)c2ccc(-c3cc(-c4ccccc4)n[nH]3)cc2)C1. The molecule has 2 unspecified atom stereocenters. The van der Waals surface area contributed by atoms with Crippen molar-refractivity contribution in [2.75, 3.05) is 13.1 Å². The van der Waals surface area contributed by atoms with Crippen LogP contribution in [0.25, 0.3) is 22.5 Å². The van der Waals surface area contributed by atoms with E-state index < -0.39 is 0 Å². The Labute approximate surface area is 160 Å². The van der Waals surface area contributed by atoms with E-state index in [0.717, 1.165) is 41.2 Å². The summed E-state index contributed by atoms with van der Waals surface area (Å²) >= 11 is 0. The van der Waals surface area contributed by atoms with Crippen LogP contribution in [-0.4, -0.2) is 34.1 Å². The lowest BCUT2D eigenvalue weighted by Crippen LogP contribution is -2.42. The molecule has 1 N–H and O–H groups in total. The van der Waals surface area contributed by atoms with Gasteiger partial charge in [-0.2, -0.15) is 5.10 Å². The van der Waals surface area contributed by atoms with Gasteiger partial charge in [-0.3, -0.25) is 9.89 Å². The number of carbonyl (C=O) groups is 1. The number of nitrogens with zero attached hydrogens (tertiary/aromatic N) is 2. The molecule has 0 radical (unpaired) electrons. The third kappa shape index (κ3) is 3.80. The number of hydrogen-bond acceptors (Lipinski definition) is 2. The minimum Gasteiger partial charge on any atom is -0.338 e. The molecule has 1 aliphatic rings. The first kappa shape index (κ1) is 17.5. The lowest BCUT2D eigenvalue weighted by atomic mass is 9.91. The number of nitrogens with one attached hydrogen (secondary N) is 1. The van der Waals surface area contributed by atoms with Crippen LogP contribution in [0.2, 0.25) is 0 Å². The monoisotopic (exact) mass is 359 g/mol. The average molecular weight is 359 g/mol. The second-order valence-electron chi connectivity index (χ2n) is 7.77. The highest BCUT2D eigenvalue weighted by Gasteiger charge is 2.26. The number of piperidine rings is 1. The van der Waals surface area contributed by atoms with Crippen LogP contribution < -0.4 is 0 Å². The van der Waals surface area contributed by atoms with Gasteiger partial charge in [-0.15, -0.1) is 0 Å². The summed E-state index contributed by atoms with van der Waals surface area (Å²) in [5.74, 6) is 1.27. The van der Waals surface area contributed by atoms with E-state index >= 15 is 0 Å². The summed E-state index contributed by atoms with van der Waals surface area (Å²) in [4.78, 5) is 14.8. The quantitative estimate of drug-likeness (QED) is 0.726. The zero-order valence-electron chi connectivity index (χ0n) is 15.9. The van der Waals surface area contributed by atoms with Gasteiger partial charge >= 0.3 is 0 Å². The normalized spacial score (nSPS) is 19.9. The molecule has 138 valence electrons. The zero-order chi connectivity index (χ0) is 18.8. The molecule has 0 spiro atoms. The minimum absolute atomic E-state index is 0.134. The fourth-order valence-electron chi connectivity index (χ4n) is 4.03. The van der Waals surface area contributed by atoms with Gasteiger partial charge in [0, 0.05) is 24.2 Å². The van der Waals surface area contributed by atoms with Crippen LogP contribution in [0, 0.1) is 11.8 Å². The Hall–Kier alpha value is -2.88. The van der Waals surface area contributed by atoms with Crippen molar-refractivity contribution in [3.63, 3.8) is 0 Å². The molecular formula is C23H25N3O. The number of carbonyl (C=O) groups excluding carboxylic acids is 1. The van der Waals surface area contributed by atoms with Gasteiger partial charge < -0.3 is 4.90 Å². The molecule has 0 saturated carbocycles. The number of likely N-dealkylation sites (tertiary alicyclic amines) is 1. The van der Waals surface area contributed by atoms with Crippen molar-refractivity contribution in [3.05, 3.63) is 66.2 Å². The molecule has 2 atom stereocenters. The summed E-state index contributed by atoms with van der Waals surface area (Å²) < 4.78 is 0. The molecule has 0 bridgehead atoms. The number of aromatic amines is 1. The molecule has 4 rings (SSSR count). The lowest BCUT2D eigenvalue weighted by molar-refractivity contribution is 0.0623. The first-order valence-electron chi connectivity index (χ1n) is 9.60. The van der Waals surface area contributed by atoms with Crippen molar-refractivity contribution >= 4 is 5.91 Å². The van der Waals surface area contributed by atoms with Gasteiger partial charge in [-0.25, -0.2) is 0 Å². The molecule has 1 aromatic heterocycles. The Morgan fingerprint density at radius 2 is 1.63 bits per heavy atom. The highest BCUT2D eigenvalue weighted by Crippen LogP contribution is 2.25. The summed E-state index contributed by atoms with van der Waals surface area (Å²) in [6.07, 6.45) is 1.20. The lowest BCUT2D eigenvalue weighted by Gasteiger charge is -2.35. The predicted octanol–water partition coefficient (Wildman–Crippen LogP) is 4.86. The van der Waals surface area contributed by atoms with E-state index in [1.165, 1.54) is 6.42 Å². The van der Waals surface area contributed by atoms with Gasteiger partial charge in [0.15, 0.2) is 0 Å². The van der Waals surface area contributed by atoms with Crippen LogP contribution >= 0.6 is 0 Å². The van der Waals surface area contributed by atoms with E-state index in [1.54, 1.807) is 0 Å². The number of amides is 1. The Kier molecular flexibility index (Phi) is 4.80. The van der Waals surface area contributed by atoms with Crippen LogP contribution in [0.15, 0.2) is 60.7 Å². The van der Waals surface area contributed by atoms with E-state index in [0.29, 0.717) is 11.8 Å². The Balaban J connectivity index is 1.51. The molecule has 1 aliphatic heterocycles. The van der Waals surface area contributed by atoms with Gasteiger partial charge in [-0.1, -0.05) is 56.3 Å². The third-order valence-electron chi connectivity index (χ3n) is 5.25. The van der Waals surface area contributed by atoms with Gasteiger partial charge in [0.05, 0.1) is 11.4 Å². The molecule has 3 aromatic rings. The molecular weight excluding hydrogens is 334 g/mol. The van der Waals surface area contributed by atoms with Crippen molar-refractivity contribution in [2.24, 2.45) is 11.8 Å². The van der Waals surface area contributed by atoms with Crippen molar-refractivity contribution in [1.29, 1.82) is 0 Å². The topological polar surface area (TPSA) is 49.0 Å². The zero-order valence-corrected chi connectivity index (χ0v) is 15.9. The third-order valence-corrected chi connectivity index (χ3v) is 5.25. The average Bonchev–Trinajstić information content (AvgIpc) is 3.18. The molecule has 1 fully saturated rings. The van der Waals surface area contributed by atoms with Crippen molar-refractivity contribution in [2.45, 2.75) is 20.3 Å². The molecule has 1 saturated heterocycles. The highest BCUT2D eigenvalue weighted by molar-refractivity contribution is 5.94. The molecule has 27 heavy (non-hydrogen) atoms. The second-order valence-corrected chi connectivity index (χ2v) is 7.77. The summed E-state index contributed by atoms with van der Waals surface area (Å²) in [5, 5.41) is 7.51. The van der Waals surface area contributed by atoms with Gasteiger partial charge in [0.25, 0.3) is 5.91 Å². The molecule has 0 aliphatic carbocycles. The van der Waals surface area contributed by atoms with E-state index in [4.69, 9.17) is 0 Å². The van der Waals surface area contributed by atoms with E-state index in [1.807, 2.05) is 65.6 Å². The molecule has 2 aromatic carbocycles. The van der Waals surface area contributed by atoms with Crippen LogP contribution in [0.3, 0.4) is 0 Å². The van der Waals surface area contributed by atoms with Crippen LogP contribution in [0.1, 0.15) is 30.6 Å². The van der Waals surface area contributed by atoms with Crippen LogP contribution in [0.4, 0.5) is 0 Å². The predicted molar refractivity (Wildman–Crippen MR) is 108 cm³/mol. The Bertz CT molecular complexity index is 904. The minimum atomic E-state index is 0.134. The molecule has 2 heterocycles. The van der Waals surface area contributed by atoms with E-state index in [-0.39, 0.29) is 5.91 Å². The summed E-state index contributed by atoms with van der Waals surface area (Å²) in [6, 6.07) is 20.0. The highest BCUT2D eigenvalue weighted by atomic mass is 16.2. The largest absolute Gasteiger partial charge is 0.338 e. The van der Waals surface area contributed by atoms with Crippen molar-refractivity contribution in [3.8, 4) is 22.5 Å². The fourth-order valence-corrected chi connectivity index (χ4v) is 4.03. The van der Waals surface area contributed by atoms with Gasteiger partial charge in [0.2, 0.25) is 0 Å². The molecule has 4 nitrogen and oxygen atoms in total. The molecule has 4 heteroatoms. The number of H-pyrrole nitrogens is 1. The van der Waals surface area contributed by atoms with Gasteiger partial charge in [0.1, 0.15) is 0 Å². The van der Waals surface area contributed by atoms with Gasteiger partial charge in [-0.05, 0) is 42.0 Å². The van der Waals surface area contributed by atoms with Crippen molar-refractivity contribution < 1.29 is 4.79 Å². The smallest absolute Gasteiger partial charge is 0.253 e. The fraction of sp³-hybridized carbons (Fsp3) is 0.304. The van der Waals surface area contributed by atoms with Crippen LogP contribution in [-0.2, 0) is 0 Å². The first-order chi connectivity index (χ1) is 13.1. The van der Waals surface area contributed by atoms with Crippen LogP contribution in [0.5, 0.6) is 0 Å². The maximum absolute atomic E-state index is 12.8. The maximum Gasteiger partial charge on any atom is 0.253 e. The Morgan fingerprint density at radius 1 is 0.963 bits per heavy atom. The summed E-state index contributed by atoms with van der Waals surface area (Å²) in [5.41, 5.74) is 4.74. The summed E-state index contributed by atoms with van der Waals surface area (Å²) in [6.45, 7) is 6.15. The number of hydrogen-bond donors (Lipinski definition) is 1. The second kappa shape index (κ2) is 7.39. The number of rotatable bonds is 3. The number of aromatic nitrogens is 2. The molecule has 1 amide bonds.